The highest BCUT2D eigenvalue weighted by Gasteiger charge is 1.99. The van der Waals surface area contributed by atoms with Gasteiger partial charge in [0, 0.05) is 12.0 Å². The summed E-state index contributed by atoms with van der Waals surface area (Å²) in [6, 6.07) is 7.68. The number of benzene rings is 1. The lowest BCUT2D eigenvalue weighted by Gasteiger charge is -2.02. The van der Waals surface area contributed by atoms with Crippen molar-refractivity contribution in [1.29, 1.82) is 0 Å². The van der Waals surface area contributed by atoms with E-state index in [9.17, 15) is 4.79 Å². The molecular formula is C11H12O2. The minimum atomic E-state index is 0.250. The molecule has 0 saturated heterocycles. The van der Waals surface area contributed by atoms with Crippen molar-refractivity contribution in [3.8, 4) is 0 Å². The first-order valence-electron chi connectivity index (χ1n) is 4.12. The molecule has 0 atom stereocenters. The zero-order chi connectivity index (χ0) is 9.68. The van der Waals surface area contributed by atoms with Gasteiger partial charge < -0.3 is 9.90 Å². The average Bonchev–Trinajstić information content (AvgIpc) is 2.16. The molecular weight excluding hydrogens is 164 g/mol. The van der Waals surface area contributed by atoms with Crippen LogP contribution >= 0.6 is 0 Å². The van der Waals surface area contributed by atoms with Gasteiger partial charge in [-0.05, 0) is 12.5 Å². The van der Waals surface area contributed by atoms with Crippen LogP contribution in [-0.2, 0) is 4.79 Å². The normalized spacial score (nSPS) is 11.3. The first kappa shape index (κ1) is 9.52. The van der Waals surface area contributed by atoms with Crippen LogP contribution in [0.1, 0.15) is 17.5 Å². The molecule has 1 rings (SSSR count). The molecule has 1 aromatic rings. The van der Waals surface area contributed by atoms with Crippen molar-refractivity contribution in [1.82, 2.24) is 0 Å². The molecule has 0 bridgehead atoms. The Kier molecular flexibility index (Phi) is 3.26. The van der Waals surface area contributed by atoms with Gasteiger partial charge in [0.2, 0.25) is 0 Å². The summed E-state index contributed by atoms with van der Waals surface area (Å²) in [7, 11) is 0. The summed E-state index contributed by atoms with van der Waals surface area (Å²) in [5, 5.41) is 8.86. The largest absolute Gasteiger partial charge is 0.515 e. The minimum absolute atomic E-state index is 0.250. The quantitative estimate of drug-likeness (QED) is 0.567. The number of aliphatic hydroxyl groups is 1. The van der Waals surface area contributed by atoms with E-state index in [1.807, 2.05) is 31.2 Å². The fraction of sp³-hybridized carbons (Fsp3) is 0.182. The fourth-order valence-electron chi connectivity index (χ4n) is 1.10. The maximum Gasteiger partial charge on any atom is 0.124 e. The Balaban J connectivity index is 2.92. The van der Waals surface area contributed by atoms with Gasteiger partial charge in [-0.15, -0.1) is 0 Å². The smallest absolute Gasteiger partial charge is 0.124 e. The highest BCUT2D eigenvalue weighted by molar-refractivity contribution is 5.76. The van der Waals surface area contributed by atoms with E-state index in [2.05, 4.69) is 0 Å². The predicted molar refractivity (Wildman–Crippen MR) is 52.5 cm³/mol. The van der Waals surface area contributed by atoms with Crippen LogP contribution in [0.2, 0.25) is 0 Å². The third-order valence-electron chi connectivity index (χ3n) is 1.88. The number of allylic oxidation sites excluding steroid dienone is 1. The Morgan fingerprint density at radius 3 is 2.46 bits per heavy atom. The number of carbonyl (C=O) groups is 1. The van der Waals surface area contributed by atoms with Crippen molar-refractivity contribution < 1.29 is 9.90 Å². The number of hydrogen-bond acceptors (Lipinski definition) is 2. The molecule has 0 heterocycles. The van der Waals surface area contributed by atoms with Crippen LogP contribution in [0.5, 0.6) is 0 Å². The lowest BCUT2D eigenvalue weighted by molar-refractivity contribution is -0.107. The molecule has 0 aliphatic carbocycles. The van der Waals surface area contributed by atoms with E-state index in [1.54, 1.807) is 0 Å². The molecule has 2 nitrogen and oxygen atoms in total. The van der Waals surface area contributed by atoms with Crippen molar-refractivity contribution in [2.24, 2.45) is 0 Å². The van der Waals surface area contributed by atoms with Gasteiger partial charge in [0.15, 0.2) is 0 Å². The highest BCUT2D eigenvalue weighted by atomic mass is 16.2. The second-order valence-corrected chi connectivity index (χ2v) is 2.89. The Bertz CT molecular complexity index is 309. The number of aliphatic hydroxyl groups excluding tert-OH is 1. The molecule has 68 valence electrons. The maximum atomic E-state index is 10.3. The Hall–Kier alpha value is -1.57. The molecule has 0 amide bonds. The van der Waals surface area contributed by atoms with Crippen molar-refractivity contribution >= 4 is 11.9 Å². The first-order valence-corrected chi connectivity index (χ1v) is 4.12. The lowest BCUT2D eigenvalue weighted by atomic mass is 10.0. The average molecular weight is 176 g/mol. The molecule has 0 spiro atoms. The Morgan fingerprint density at radius 1 is 1.38 bits per heavy atom. The number of hydrogen-bond donors (Lipinski definition) is 1. The Labute approximate surface area is 77.5 Å². The molecule has 13 heavy (non-hydrogen) atoms. The predicted octanol–water partition coefficient (Wildman–Crippen LogP) is 2.48. The van der Waals surface area contributed by atoms with Crippen LogP contribution < -0.4 is 0 Å². The summed E-state index contributed by atoms with van der Waals surface area (Å²) in [6.07, 6.45) is 2.01. The summed E-state index contributed by atoms with van der Waals surface area (Å²) in [5.41, 5.74) is 2.70. The van der Waals surface area contributed by atoms with E-state index < -0.39 is 0 Å². The molecule has 1 N–H and O–H groups in total. The summed E-state index contributed by atoms with van der Waals surface area (Å²) in [4.78, 5) is 10.3. The Morgan fingerprint density at radius 2 is 2.00 bits per heavy atom. The minimum Gasteiger partial charge on any atom is -0.515 e. The van der Waals surface area contributed by atoms with Gasteiger partial charge in [-0.2, -0.15) is 0 Å². The van der Waals surface area contributed by atoms with Crippen molar-refractivity contribution in [3.05, 3.63) is 41.7 Å². The van der Waals surface area contributed by atoms with Crippen LogP contribution in [0.25, 0.3) is 5.57 Å². The summed E-state index contributed by atoms with van der Waals surface area (Å²) >= 11 is 0. The van der Waals surface area contributed by atoms with Crippen LogP contribution in [0.4, 0.5) is 0 Å². The molecule has 0 saturated carbocycles. The van der Waals surface area contributed by atoms with Gasteiger partial charge in [0.05, 0.1) is 6.26 Å². The van der Waals surface area contributed by atoms with Crippen molar-refractivity contribution in [2.75, 3.05) is 0 Å². The van der Waals surface area contributed by atoms with Crippen LogP contribution in [0.15, 0.2) is 30.5 Å². The van der Waals surface area contributed by atoms with E-state index in [1.165, 1.54) is 0 Å². The van der Waals surface area contributed by atoms with Crippen LogP contribution in [-0.4, -0.2) is 11.4 Å². The van der Waals surface area contributed by atoms with Gasteiger partial charge in [-0.1, -0.05) is 29.8 Å². The standard InChI is InChI=1S/C11H12O2/c1-9-2-4-10(5-3-9)11(8-13)6-7-12/h2-5,7-8,13H,6H2,1H3. The van der Waals surface area contributed by atoms with Crippen molar-refractivity contribution in [2.45, 2.75) is 13.3 Å². The molecule has 0 unspecified atom stereocenters. The van der Waals surface area contributed by atoms with Gasteiger partial charge in [0.25, 0.3) is 0 Å². The maximum absolute atomic E-state index is 10.3. The zero-order valence-corrected chi connectivity index (χ0v) is 7.53. The zero-order valence-electron chi connectivity index (χ0n) is 7.53. The highest BCUT2D eigenvalue weighted by Crippen LogP contribution is 2.16. The van der Waals surface area contributed by atoms with Gasteiger partial charge in [-0.3, -0.25) is 0 Å². The van der Waals surface area contributed by atoms with Gasteiger partial charge in [0.1, 0.15) is 6.29 Å². The molecule has 0 fully saturated rings. The van der Waals surface area contributed by atoms with E-state index in [-0.39, 0.29) is 6.42 Å². The van der Waals surface area contributed by atoms with E-state index in [0.29, 0.717) is 5.57 Å². The third kappa shape index (κ3) is 2.44. The molecule has 0 radical (unpaired) electrons. The topological polar surface area (TPSA) is 37.3 Å². The van der Waals surface area contributed by atoms with Crippen LogP contribution in [0.3, 0.4) is 0 Å². The number of aryl methyl sites for hydroxylation is 1. The van der Waals surface area contributed by atoms with E-state index in [0.717, 1.165) is 23.7 Å². The monoisotopic (exact) mass is 176 g/mol. The second-order valence-electron chi connectivity index (χ2n) is 2.89. The summed E-state index contributed by atoms with van der Waals surface area (Å²) < 4.78 is 0. The number of rotatable bonds is 3. The van der Waals surface area contributed by atoms with Gasteiger partial charge in [-0.25, -0.2) is 0 Å². The summed E-state index contributed by atoms with van der Waals surface area (Å²) in [6.45, 7) is 1.99. The van der Waals surface area contributed by atoms with Gasteiger partial charge >= 0.3 is 0 Å². The van der Waals surface area contributed by atoms with E-state index >= 15 is 0 Å². The molecule has 0 aromatic heterocycles. The van der Waals surface area contributed by atoms with Crippen molar-refractivity contribution in [3.63, 3.8) is 0 Å². The van der Waals surface area contributed by atoms with E-state index in [4.69, 9.17) is 5.11 Å². The molecule has 1 aromatic carbocycles. The molecule has 0 aliphatic rings. The number of carbonyl (C=O) groups excluding carboxylic acids is 1. The summed E-state index contributed by atoms with van der Waals surface area (Å²) in [5.74, 6) is 0. The third-order valence-corrected chi connectivity index (χ3v) is 1.88. The number of aldehydes is 1. The lowest BCUT2D eigenvalue weighted by Crippen LogP contribution is -1.86. The fourth-order valence-corrected chi connectivity index (χ4v) is 1.10. The molecule has 2 heteroatoms. The SMILES string of the molecule is Cc1ccc(C(=CO)CC=O)cc1. The molecule has 0 aliphatic heterocycles. The first-order chi connectivity index (χ1) is 6.27. The van der Waals surface area contributed by atoms with Crippen LogP contribution in [0, 0.1) is 6.92 Å². The second kappa shape index (κ2) is 4.45.